The van der Waals surface area contributed by atoms with Crippen LogP contribution in [0.4, 0.5) is 9.59 Å². The molecule has 0 saturated carbocycles. The van der Waals surface area contributed by atoms with E-state index in [1.165, 1.54) is 0 Å². The van der Waals surface area contributed by atoms with Crippen LogP contribution in [0.5, 0.6) is 0 Å². The lowest BCUT2D eigenvalue weighted by atomic mass is 9.81. The molecule has 0 fully saturated rings. The van der Waals surface area contributed by atoms with Gasteiger partial charge in [0, 0.05) is 11.1 Å². The zero-order chi connectivity index (χ0) is 25.4. The molecule has 0 radical (unpaired) electrons. The Balaban J connectivity index is 3.96. The Kier molecular flexibility index (Phi) is 14.3. The van der Waals surface area contributed by atoms with Crippen LogP contribution in [-0.2, 0) is 28.5 Å². The van der Waals surface area contributed by atoms with Crippen molar-refractivity contribution in [3.05, 3.63) is 24.3 Å². The first-order chi connectivity index (χ1) is 15.3. The molecule has 0 saturated heterocycles. The molecule has 0 aromatic heterocycles. The fraction of sp³-hybridized carbons (Fsp3) is 0.652. The van der Waals surface area contributed by atoms with Gasteiger partial charge in [0.15, 0.2) is 0 Å². The maximum atomic E-state index is 11.7. The van der Waals surface area contributed by atoms with Gasteiger partial charge in [-0.05, 0) is 38.0 Å². The van der Waals surface area contributed by atoms with Crippen LogP contribution in [-0.4, -0.2) is 63.6 Å². The van der Waals surface area contributed by atoms with Crippen LogP contribution in [0, 0.1) is 11.3 Å². The number of carbonyl (C=O) groups excluding carboxylic acids is 4. The summed E-state index contributed by atoms with van der Waals surface area (Å²) in [7, 11) is 0. The lowest BCUT2D eigenvalue weighted by Gasteiger charge is -2.27. The molecule has 2 N–H and O–H groups in total. The number of alkyl carbamates (subject to hydrolysis) is 2. The van der Waals surface area contributed by atoms with Gasteiger partial charge in [-0.15, -0.1) is 0 Å². The van der Waals surface area contributed by atoms with Gasteiger partial charge < -0.3 is 29.6 Å². The highest BCUT2D eigenvalue weighted by molar-refractivity contribution is 5.87. The van der Waals surface area contributed by atoms with Gasteiger partial charge in [0.25, 0.3) is 0 Å². The molecule has 0 rings (SSSR count). The summed E-state index contributed by atoms with van der Waals surface area (Å²) in [4.78, 5) is 45.9. The molecular formula is C23H38N2O8. The topological polar surface area (TPSA) is 129 Å². The molecule has 0 aromatic rings. The second-order valence-corrected chi connectivity index (χ2v) is 8.64. The number of rotatable bonds is 15. The minimum atomic E-state index is -0.584. The van der Waals surface area contributed by atoms with Crippen molar-refractivity contribution in [1.29, 1.82) is 0 Å². The van der Waals surface area contributed by atoms with E-state index < -0.39 is 24.1 Å². The van der Waals surface area contributed by atoms with Crippen molar-refractivity contribution in [1.82, 2.24) is 10.6 Å². The van der Waals surface area contributed by atoms with Crippen molar-refractivity contribution < 1.29 is 38.1 Å². The number of esters is 2. The second kappa shape index (κ2) is 15.7. The van der Waals surface area contributed by atoms with E-state index in [1.54, 1.807) is 13.8 Å². The molecular weight excluding hydrogens is 432 g/mol. The Morgan fingerprint density at radius 2 is 1.24 bits per heavy atom. The molecule has 0 spiro atoms. The monoisotopic (exact) mass is 470 g/mol. The van der Waals surface area contributed by atoms with Gasteiger partial charge in [-0.2, -0.15) is 0 Å². The quantitative estimate of drug-likeness (QED) is 0.162. The molecule has 0 heterocycles. The molecule has 1 unspecified atom stereocenters. The van der Waals surface area contributed by atoms with Crippen LogP contribution in [0.25, 0.3) is 0 Å². The summed E-state index contributed by atoms with van der Waals surface area (Å²) < 4.78 is 20.1. The molecule has 0 aliphatic heterocycles. The maximum absolute atomic E-state index is 11.7. The number of hydrogen-bond acceptors (Lipinski definition) is 8. The summed E-state index contributed by atoms with van der Waals surface area (Å²) in [5.41, 5.74) is 0.441. The van der Waals surface area contributed by atoms with Crippen molar-refractivity contribution in [2.24, 2.45) is 11.3 Å². The fourth-order valence-corrected chi connectivity index (χ4v) is 2.68. The Morgan fingerprint density at radius 1 is 0.788 bits per heavy atom. The van der Waals surface area contributed by atoms with Gasteiger partial charge in [-0.25, -0.2) is 19.2 Å². The molecule has 0 bridgehead atoms. The van der Waals surface area contributed by atoms with Crippen LogP contribution < -0.4 is 10.6 Å². The molecule has 0 aromatic carbocycles. The average Bonchev–Trinajstić information content (AvgIpc) is 2.71. The van der Waals surface area contributed by atoms with Gasteiger partial charge >= 0.3 is 24.1 Å². The van der Waals surface area contributed by atoms with Crippen LogP contribution in [0.2, 0.25) is 0 Å². The van der Waals surface area contributed by atoms with Crippen LogP contribution in [0.15, 0.2) is 24.3 Å². The van der Waals surface area contributed by atoms with Crippen molar-refractivity contribution in [3.63, 3.8) is 0 Å². The SMILES string of the molecule is C=C(C)C(=O)OCCNC(=O)OCCC(C)(C)CC(C)COC(=O)NCCOC(=O)C(=C)C. The van der Waals surface area contributed by atoms with E-state index in [0.29, 0.717) is 17.6 Å². The Labute approximate surface area is 196 Å². The summed E-state index contributed by atoms with van der Waals surface area (Å²) in [5, 5.41) is 5.01. The van der Waals surface area contributed by atoms with Gasteiger partial charge in [0.2, 0.25) is 0 Å². The highest BCUT2D eigenvalue weighted by Gasteiger charge is 2.22. The minimum Gasteiger partial charge on any atom is -0.460 e. The molecule has 10 heteroatoms. The number of ether oxygens (including phenoxy) is 4. The van der Waals surface area contributed by atoms with Crippen molar-refractivity contribution in [2.75, 3.05) is 39.5 Å². The van der Waals surface area contributed by atoms with E-state index >= 15 is 0 Å². The predicted octanol–water partition coefficient (Wildman–Crippen LogP) is 3.12. The zero-order valence-electron chi connectivity index (χ0n) is 20.4. The summed E-state index contributed by atoms with van der Waals surface area (Å²) in [5.74, 6) is -0.929. The first-order valence-corrected chi connectivity index (χ1v) is 10.8. The fourth-order valence-electron chi connectivity index (χ4n) is 2.68. The molecule has 1 atom stereocenters. The predicted molar refractivity (Wildman–Crippen MR) is 122 cm³/mol. The van der Waals surface area contributed by atoms with Crippen molar-refractivity contribution in [2.45, 2.75) is 47.5 Å². The summed E-state index contributed by atoms with van der Waals surface area (Å²) in [6.45, 7) is 16.9. The Hall–Kier alpha value is -3.04. The van der Waals surface area contributed by atoms with Crippen LogP contribution >= 0.6 is 0 Å². The number of carbonyl (C=O) groups is 4. The maximum Gasteiger partial charge on any atom is 0.407 e. The van der Waals surface area contributed by atoms with Gasteiger partial charge in [0.05, 0.1) is 26.3 Å². The molecule has 0 aliphatic carbocycles. The highest BCUT2D eigenvalue weighted by atomic mass is 16.6. The third-order valence-electron chi connectivity index (χ3n) is 4.32. The lowest BCUT2D eigenvalue weighted by molar-refractivity contribution is -0.139. The largest absolute Gasteiger partial charge is 0.460 e. The smallest absolute Gasteiger partial charge is 0.407 e. The third kappa shape index (κ3) is 16.3. The summed E-state index contributed by atoms with van der Waals surface area (Å²) in [6, 6.07) is 0. The first-order valence-electron chi connectivity index (χ1n) is 10.8. The third-order valence-corrected chi connectivity index (χ3v) is 4.32. The van der Waals surface area contributed by atoms with Gasteiger partial charge in [-0.1, -0.05) is 33.9 Å². The molecule has 188 valence electrons. The van der Waals surface area contributed by atoms with E-state index in [2.05, 4.69) is 23.8 Å². The summed E-state index contributed by atoms with van der Waals surface area (Å²) >= 11 is 0. The average molecular weight is 471 g/mol. The van der Waals surface area contributed by atoms with Crippen LogP contribution in [0.3, 0.4) is 0 Å². The van der Waals surface area contributed by atoms with E-state index in [0.717, 1.165) is 6.42 Å². The van der Waals surface area contributed by atoms with Crippen LogP contribution in [0.1, 0.15) is 47.5 Å². The van der Waals surface area contributed by atoms with E-state index in [-0.39, 0.29) is 50.8 Å². The number of nitrogens with one attached hydrogen (secondary N) is 2. The lowest BCUT2D eigenvalue weighted by Crippen LogP contribution is -2.31. The van der Waals surface area contributed by atoms with Crippen molar-refractivity contribution >= 4 is 24.1 Å². The number of amides is 2. The Morgan fingerprint density at radius 3 is 1.70 bits per heavy atom. The normalized spacial score (nSPS) is 11.5. The standard InChI is InChI=1S/C23H38N2O8/c1-16(2)19(26)30-12-9-24-21(28)32-11-8-23(6,7)14-18(5)15-33-22(29)25-10-13-31-20(27)17(3)4/h18H,1,3,8-15H2,2,4-7H3,(H,24,28)(H,25,29). The van der Waals surface area contributed by atoms with Crippen molar-refractivity contribution in [3.8, 4) is 0 Å². The van der Waals surface area contributed by atoms with Gasteiger partial charge in [0.1, 0.15) is 13.2 Å². The van der Waals surface area contributed by atoms with Gasteiger partial charge in [-0.3, -0.25) is 0 Å². The first kappa shape index (κ1) is 30.0. The number of hydrogen-bond donors (Lipinski definition) is 2. The molecule has 10 nitrogen and oxygen atoms in total. The second-order valence-electron chi connectivity index (χ2n) is 8.64. The zero-order valence-corrected chi connectivity index (χ0v) is 20.4. The minimum absolute atomic E-state index is 0.0383. The van der Waals surface area contributed by atoms with E-state index in [9.17, 15) is 19.2 Å². The van der Waals surface area contributed by atoms with E-state index in [4.69, 9.17) is 18.9 Å². The summed E-state index contributed by atoms with van der Waals surface area (Å²) in [6.07, 6.45) is 0.202. The highest BCUT2D eigenvalue weighted by Crippen LogP contribution is 2.29. The molecule has 2 amide bonds. The molecule has 33 heavy (non-hydrogen) atoms. The molecule has 0 aliphatic rings. The van der Waals surface area contributed by atoms with E-state index in [1.807, 2.05) is 20.8 Å². The Bertz CT molecular complexity index is 703.